The van der Waals surface area contributed by atoms with Crippen molar-refractivity contribution in [2.75, 3.05) is 13.7 Å². The van der Waals surface area contributed by atoms with Crippen LogP contribution in [0.3, 0.4) is 0 Å². The molecule has 14 heavy (non-hydrogen) atoms. The molecule has 3 heteroatoms. The monoisotopic (exact) mass is 213 g/mol. The molecule has 0 amide bonds. The van der Waals surface area contributed by atoms with Gasteiger partial charge in [0.05, 0.1) is 6.61 Å². The van der Waals surface area contributed by atoms with Crippen molar-refractivity contribution in [3.8, 4) is 0 Å². The van der Waals surface area contributed by atoms with Gasteiger partial charge >= 0.3 is 0 Å². The maximum Gasteiger partial charge on any atom is 0.0613 e. The predicted molar refractivity (Wildman–Crippen MR) is 61.9 cm³/mol. The fourth-order valence-electron chi connectivity index (χ4n) is 1.63. The third-order valence-corrected chi connectivity index (χ3v) is 3.45. The molecule has 1 N–H and O–H groups in total. The van der Waals surface area contributed by atoms with E-state index in [1.165, 1.54) is 10.4 Å². The van der Waals surface area contributed by atoms with Gasteiger partial charge in [0.15, 0.2) is 0 Å². The highest BCUT2D eigenvalue weighted by Gasteiger charge is 2.11. The normalized spacial score (nSPS) is 15.4. The summed E-state index contributed by atoms with van der Waals surface area (Å²) in [5.41, 5.74) is 1.37. The first-order chi connectivity index (χ1) is 6.65. The van der Waals surface area contributed by atoms with Crippen molar-refractivity contribution in [1.82, 2.24) is 5.32 Å². The Morgan fingerprint density at radius 1 is 1.50 bits per heavy atom. The molecule has 1 rings (SSSR count). The van der Waals surface area contributed by atoms with E-state index < -0.39 is 0 Å². The minimum absolute atomic E-state index is 0.400. The average molecular weight is 213 g/mol. The van der Waals surface area contributed by atoms with E-state index in [9.17, 15) is 0 Å². The third-order valence-electron chi connectivity index (χ3n) is 2.25. The van der Waals surface area contributed by atoms with Crippen LogP contribution in [-0.4, -0.2) is 19.8 Å². The van der Waals surface area contributed by atoms with Crippen LogP contribution in [0.2, 0.25) is 0 Å². The van der Waals surface area contributed by atoms with Crippen molar-refractivity contribution >= 4 is 11.3 Å². The Kier molecular flexibility index (Phi) is 4.58. The van der Waals surface area contributed by atoms with Crippen LogP contribution in [0.25, 0.3) is 0 Å². The smallest absolute Gasteiger partial charge is 0.0613 e. The second-order valence-electron chi connectivity index (χ2n) is 3.71. The first kappa shape index (κ1) is 11.7. The summed E-state index contributed by atoms with van der Waals surface area (Å²) in [6, 6.07) is 2.98. The Morgan fingerprint density at radius 2 is 2.21 bits per heavy atom. The van der Waals surface area contributed by atoms with E-state index in [0.29, 0.717) is 12.1 Å². The van der Waals surface area contributed by atoms with E-state index in [2.05, 4.69) is 37.5 Å². The van der Waals surface area contributed by atoms with E-state index >= 15 is 0 Å². The molecule has 0 aliphatic carbocycles. The van der Waals surface area contributed by atoms with Gasteiger partial charge in [0, 0.05) is 24.1 Å². The Labute approximate surface area is 90.3 Å². The van der Waals surface area contributed by atoms with Crippen molar-refractivity contribution in [2.45, 2.75) is 32.9 Å². The second kappa shape index (κ2) is 5.49. The molecule has 2 atom stereocenters. The molecule has 0 bridgehead atoms. The number of ether oxygens (including phenoxy) is 1. The molecule has 0 saturated carbocycles. The SMILES string of the molecule is COC[C@H](C)N[C@H](C)c1sccc1C. The maximum absolute atomic E-state index is 5.09. The zero-order chi connectivity index (χ0) is 10.6. The molecule has 1 aromatic heterocycles. The van der Waals surface area contributed by atoms with Crippen LogP contribution in [-0.2, 0) is 4.74 Å². The molecule has 2 nitrogen and oxygen atoms in total. The van der Waals surface area contributed by atoms with Gasteiger partial charge in [-0.2, -0.15) is 0 Å². The van der Waals surface area contributed by atoms with Crippen LogP contribution in [0.4, 0.5) is 0 Å². The molecule has 1 heterocycles. The topological polar surface area (TPSA) is 21.3 Å². The Hall–Kier alpha value is -0.380. The zero-order valence-electron chi connectivity index (χ0n) is 9.33. The number of hydrogen-bond donors (Lipinski definition) is 1. The van der Waals surface area contributed by atoms with Gasteiger partial charge in [0.25, 0.3) is 0 Å². The fraction of sp³-hybridized carbons (Fsp3) is 0.636. The number of rotatable bonds is 5. The summed E-state index contributed by atoms with van der Waals surface area (Å²) in [5, 5.41) is 5.65. The van der Waals surface area contributed by atoms with Crippen LogP contribution < -0.4 is 5.32 Å². The lowest BCUT2D eigenvalue weighted by atomic mass is 10.2. The summed E-state index contributed by atoms with van der Waals surface area (Å²) in [4.78, 5) is 1.42. The van der Waals surface area contributed by atoms with E-state index in [0.717, 1.165) is 6.61 Å². The average Bonchev–Trinajstić information content (AvgIpc) is 2.51. The lowest BCUT2D eigenvalue weighted by Crippen LogP contribution is -2.32. The molecule has 1 aromatic rings. The van der Waals surface area contributed by atoms with Crippen molar-refractivity contribution < 1.29 is 4.74 Å². The third kappa shape index (κ3) is 3.08. The number of methoxy groups -OCH3 is 1. The van der Waals surface area contributed by atoms with Gasteiger partial charge < -0.3 is 10.1 Å². The number of nitrogens with one attached hydrogen (secondary N) is 1. The molecule has 0 aliphatic heterocycles. The van der Waals surface area contributed by atoms with Crippen LogP contribution >= 0.6 is 11.3 Å². The highest BCUT2D eigenvalue weighted by molar-refractivity contribution is 7.10. The Morgan fingerprint density at radius 3 is 2.71 bits per heavy atom. The summed E-state index contributed by atoms with van der Waals surface area (Å²) in [6.45, 7) is 7.26. The standard InChI is InChI=1S/C11H19NOS/c1-8-5-6-14-11(8)10(3)12-9(2)7-13-4/h5-6,9-10,12H,7H2,1-4H3/t9-,10+/m0/s1. The molecule has 80 valence electrons. The largest absolute Gasteiger partial charge is 0.383 e. The summed E-state index contributed by atoms with van der Waals surface area (Å²) >= 11 is 1.81. The van der Waals surface area contributed by atoms with Crippen LogP contribution in [0.15, 0.2) is 11.4 Å². The molecule has 0 spiro atoms. The van der Waals surface area contributed by atoms with Crippen LogP contribution in [0, 0.1) is 6.92 Å². The Balaban J connectivity index is 2.50. The molecule has 0 aliphatic rings. The fourth-order valence-corrected chi connectivity index (χ4v) is 2.57. The van der Waals surface area contributed by atoms with Gasteiger partial charge in [-0.1, -0.05) is 0 Å². The highest BCUT2D eigenvalue weighted by Crippen LogP contribution is 2.23. The molecular formula is C11H19NOS. The summed E-state index contributed by atoms with van der Waals surface area (Å²) in [5.74, 6) is 0. The highest BCUT2D eigenvalue weighted by atomic mass is 32.1. The molecule has 0 radical (unpaired) electrons. The second-order valence-corrected chi connectivity index (χ2v) is 4.66. The molecular weight excluding hydrogens is 194 g/mol. The van der Waals surface area contributed by atoms with Gasteiger partial charge in [0.1, 0.15) is 0 Å². The molecule has 0 fully saturated rings. The summed E-state index contributed by atoms with van der Waals surface area (Å²) < 4.78 is 5.09. The quantitative estimate of drug-likeness (QED) is 0.812. The van der Waals surface area contributed by atoms with Crippen molar-refractivity contribution in [3.05, 3.63) is 21.9 Å². The van der Waals surface area contributed by atoms with E-state index in [1.54, 1.807) is 7.11 Å². The van der Waals surface area contributed by atoms with Gasteiger partial charge in [-0.3, -0.25) is 0 Å². The van der Waals surface area contributed by atoms with Crippen molar-refractivity contribution in [2.24, 2.45) is 0 Å². The number of hydrogen-bond acceptors (Lipinski definition) is 3. The summed E-state index contributed by atoms with van der Waals surface area (Å²) in [6.07, 6.45) is 0. The zero-order valence-corrected chi connectivity index (χ0v) is 10.1. The predicted octanol–water partition coefficient (Wildman–Crippen LogP) is 2.74. The first-order valence-corrected chi connectivity index (χ1v) is 5.82. The Bertz CT molecular complexity index is 272. The number of aryl methyl sites for hydroxylation is 1. The first-order valence-electron chi connectivity index (χ1n) is 4.94. The summed E-state index contributed by atoms with van der Waals surface area (Å²) in [7, 11) is 1.74. The van der Waals surface area contributed by atoms with Gasteiger partial charge in [-0.25, -0.2) is 0 Å². The van der Waals surface area contributed by atoms with Gasteiger partial charge in [-0.15, -0.1) is 11.3 Å². The van der Waals surface area contributed by atoms with Crippen LogP contribution in [0.5, 0.6) is 0 Å². The lowest BCUT2D eigenvalue weighted by molar-refractivity contribution is 0.168. The van der Waals surface area contributed by atoms with E-state index in [-0.39, 0.29) is 0 Å². The molecule has 0 saturated heterocycles. The van der Waals surface area contributed by atoms with E-state index in [4.69, 9.17) is 4.74 Å². The minimum atomic E-state index is 0.400. The maximum atomic E-state index is 5.09. The van der Waals surface area contributed by atoms with Gasteiger partial charge in [0.2, 0.25) is 0 Å². The number of thiophene rings is 1. The lowest BCUT2D eigenvalue weighted by Gasteiger charge is -2.19. The molecule has 0 unspecified atom stereocenters. The van der Waals surface area contributed by atoms with Crippen LogP contribution in [0.1, 0.15) is 30.3 Å². The van der Waals surface area contributed by atoms with E-state index in [1.807, 2.05) is 11.3 Å². The van der Waals surface area contributed by atoms with Crippen molar-refractivity contribution in [1.29, 1.82) is 0 Å². The molecule has 0 aromatic carbocycles. The van der Waals surface area contributed by atoms with Gasteiger partial charge in [-0.05, 0) is 37.8 Å². The minimum Gasteiger partial charge on any atom is -0.383 e. The van der Waals surface area contributed by atoms with Crippen molar-refractivity contribution in [3.63, 3.8) is 0 Å².